The van der Waals surface area contributed by atoms with Gasteiger partial charge in [0.15, 0.2) is 0 Å². The Hall–Kier alpha value is -2.33. The van der Waals surface area contributed by atoms with Crippen LogP contribution in [0.2, 0.25) is 0 Å². The molecule has 26 heavy (non-hydrogen) atoms. The molecule has 0 saturated carbocycles. The van der Waals surface area contributed by atoms with Crippen LogP contribution in [0.15, 0.2) is 54.6 Å². The Morgan fingerprint density at radius 3 is 2.54 bits per heavy atom. The molecule has 1 saturated heterocycles. The SMILES string of the molecule is CCOC(=O)C1(Cc2ccccc2)CCCN(Cc2ccc(O)cc2)C1. The van der Waals surface area contributed by atoms with E-state index in [-0.39, 0.29) is 11.7 Å². The van der Waals surface area contributed by atoms with Crippen LogP contribution in [0.4, 0.5) is 0 Å². The van der Waals surface area contributed by atoms with Crippen molar-refractivity contribution in [3.05, 3.63) is 65.7 Å². The molecule has 1 aliphatic rings. The summed E-state index contributed by atoms with van der Waals surface area (Å²) in [6.45, 7) is 4.72. The van der Waals surface area contributed by atoms with E-state index < -0.39 is 5.41 Å². The summed E-state index contributed by atoms with van der Waals surface area (Å²) in [6, 6.07) is 17.5. The van der Waals surface area contributed by atoms with Crippen molar-refractivity contribution >= 4 is 5.97 Å². The third-order valence-electron chi connectivity index (χ3n) is 5.09. The number of piperidine rings is 1. The topological polar surface area (TPSA) is 49.8 Å². The molecule has 4 nitrogen and oxygen atoms in total. The molecule has 0 radical (unpaired) electrons. The third-order valence-corrected chi connectivity index (χ3v) is 5.09. The average molecular weight is 353 g/mol. The molecule has 2 aromatic rings. The molecule has 1 fully saturated rings. The summed E-state index contributed by atoms with van der Waals surface area (Å²) >= 11 is 0. The monoisotopic (exact) mass is 353 g/mol. The molecule has 0 aliphatic carbocycles. The predicted octanol–water partition coefficient (Wildman–Crippen LogP) is 3.78. The van der Waals surface area contributed by atoms with Gasteiger partial charge in [0.05, 0.1) is 12.0 Å². The van der Waals surface area contributed by atoms with Gasteiger partial charge in [-0.2, -0.15) is 0 Å². The number of carbonyl (C=O) groups is 1. The Bertz CT molecular complexity index is 714. The minimum absolute atomic E-state index is 0.0840. The molecule has 0 spiro atoms. The van der Waals surface area contributed by atoms with Crippen LogP contribution in [-0.4, -0.2) is 35.7 Å². The number of ether oxygens (including phenoxy) is 1. The molecule has 1 unspecified atom stereocenters. The summed E-state index contributed by atoms with van der Waals surface area (Å²) < 4.78 is 5.47. The fourth-order valence-corrected chi connectivity index (χ4v) is 3.88. The first-order chi connectivity index (χ1) is 12.6. The fourth-order valence-electron chi connectivity index (χ4n) is 3.88. The number of carbonyl (C=O) groups excluding carboxylic acids is 1. The highest BCUT2D eigenvalue weighted by Crippen LogP contribution is 2.36. The van der Waals surface area contributed by atoms with Gasteiger partial charge in [0.2, 0.25) is 0 Å². The summed E-state index contributed by atoms with van der Waals surface area (Å²) in [4.78, 5) is 15.2. The molecular formula is C22H27NO3. The van der Waals surface area contributed by atoms with Crippen molar-refractivity contribution < 1.29 is 14.6 Å². The second kappa shape index (κ2) is 8.37. The van der Waals surface area contributed by atoms with Gasteiger partial charge in [-0.3, -0.25) is 9.69 Å². The van der Waals surface area contributed by atoms with E-state index in [1.807, 2.05) is 37.3 Å². The number of likely N-dealkylation sites (tertiary alicyclic amines) is 1. The number of aromatic hydroxyl groups is 1. The minimum Gasteiger partial charge on any atom is -0.508 e. The number of rotatable bonds is 6. The van der Waals surface area contributed by atoms with E-state index in [2.05, 4.69) is 17.0 Å². The lowest BCUT2D eigenvalue weighted by atomic mass is 9.75. The lowest BCUT2D eigenvalue weighted by Crippen LogP contribution is -2.49. The van der Waals surface area contributed by atoms with Crippen LogP contribution in [0, 0.1) is 5.41 Å². The summed E-state index contributed by atoms with van der Waals surface area (Å²) in [5, 5.41) is 9.47. The van der Waals surface area contributed by atoms with Gasteiger partial charge >= 0.3 is 5.97 Å². The average Bonchev–Trinajstić information content (AvgIpc) is 2.65. The largest absolute Gasteiger partial charge is 0.508 e. The quantitative estimate of drug-likeness (QED) is 0.803. The second-order valence-corrected chi connectivity index (χ2v) is 7.14. The molecule has 1 N–H and O–H groups in total. The van der Waals surface area contributed by atoms with Crippen molar-refractivity contribution in [3.63, 3.8) is 0 Å². The Labute approximate surface area is 155 Å². The Morgan fingerprint density at radius 2 is 1.85 bits per heavy atom. The van der Waals surface area contributed by atoms with Gasteiger partial charge in [-0.25, -0.2) is 0 Å². The van der Waals surface area contributed by atoms with Crippen molar-refractivity contribution in [2.45, 2.75) is 32.7 Å². The number of benzene rings is 2. The van der Waals surface area contributed by atoms with Gasteiger partial charge in [0.1, 0.15) is 5.75 Å². The summed E-state index contributed by atoms with van der Waals surface area (Å²) in [7, 11) is 0. The highest BCUT2D eigenvalue weighted by atomic mass is 16.5. The van der Waals surface area contributed by atoms with Gasteiger partial charge < -0.3 is 9.84 Å². The Kier molecular flexibility index (Phi) is 5.94. The van der Waals surface area contributed by atoms with Gasteiger partial charge in [-0.05, 0) is 56.0 Å². The molecular weight excluding hydrogens is 326 g/mol. The van der Waals surface area contributed by atoms with E-state index in [9.17, 15) is 9.90 Å². The summed E-state index contributed by atoms with van der Waals surface area (Å²) in [5.41, 5.74) is 1.82. The van der Waals surface area contributed by atoms with Gasteiger partial charge in [-0.15, -0.1) is 0 Å². The van der Waals surface area contributed by atoms with Crippen molar-refractivity contribution in [2.24, 2.45) is 5.41 Å². The molecule has 1 atom stereocenters. The van der Waals surface area contributed by atoms with E-state index in [4.69, 9.17) is 4.74 Å². The fraction of sp³-hybridized carbons (Fsp3) is 0.409. The first-order valence-corrected chi connectivity index (χ1v) is 9.33. The van der Waals surface area contributed by atoms with Gasteiger partial charge in [-0.1, -0.05) is 42.5 Å². The van der Waals surface area contributed by atoms with E-state index >= 15 is 0 Å². The van der Waals surface area contributed by atoms with Crippen LogP contribution in [0.5, 0.6) is 5.75 Å². The molecule has 0 aromatic heterocycles. The zero-order chi connectivity index (χ0) is 18.4. The van der Waals surface area contributed by atoms with Crippen LogP contribution in [0.3, 0.4) is 0 Å². The number of phenols is 1. The summed E-state index contributed by atoms with van der Waals surface area (Å²) in [6.07, 6.45) is 2.54. The van der Waals surface area contributed by atoms with E-state index in [0.29, 0.717) is 19.6 Å². The number of phenolic OH excluding ortho intramolecular Hbond substituents is 1. The van der Waals surface area contributed by atoms with Crippen LogP contribution in [0.1, 0.15) is 30.9 Å². The minimum atomic E-state index is -0.494. The molecule has 1 heterocycles. The highest BCUT2D eigenvalue weighted by Gasteiger charge is 2.43. The highest BCUT2D eigenvalue weighted by molar-refractivity contribution is 5.77. The van der Waals surface area contributed by atoms with Crippen molar-refractivity contribution in [1.82, 2.24) is 4.90 Å². The maximum atomic E-state index is 12.9. The maximum Gasteiger partial charge on any atom is 0.313 e. The van der Waals surface area contributed by atoms with E-state index in [1.165, 1.54) is 5.56 Å². The number of nitrogens with zero attached hydrogens (tertiary/aromatic N) is 1. The van der Waals surface area contributed by atoms with Gasteiger partial charge in [0.25, 0.3) is 0 Å². The van der Waals surface area contributed by atoms with E-state index in [0.717, 1.165) is 31.5 Å². The second-order valence-electron chi connectivity index (χ2n) is 7.14. The van der Waals surface area contributed by atoms with Gasteiger partial charge in [0, 0.05) is 13.1 Å². The molecule has 3 rings (SSSR count). The molecule has 0 amide bonds. The number of esters is 1. The third kappa shape index (κ3) is 4.44. The van der Waals surface area contributed by atoms with Crippen molar-refractivity contribution in [3.8, 4) is 5.75 Å². The standard InChI is InChI=1S/C22H27NO3/c1-2-26-21(25)22(15-18-7-4-3-5-8-18)13-6-14-23(17-22)16-19-9-11-20(24)12-10-19/h3-5,7-12,24H,2,6,13-17H2,1H3. The van der Waals surface area contributed by atoms with Crippen LogP contribution >= 0.6 is 0 Å². The maximum absolute atomic E-state index is 12.9. The molecule has 4 heteroatoms. The molecule has 2 aromatic carbocycles. The molecule has 1 aliphatic heterocycles. The smallest absolute Gasteiger partial charge is 0.313 e. The first-order valence-electron chi connectivity index (χ1n) is 9.33. The Morgan fingerprint density at radius 1 is 1.12 bits per heavy atom. The Balaban J connectivity index is 1.78. The summed E-state index contributed by atoms with van der Waals surface area (Å²) in [5.74, 6) is 0.191. The number of hydrogen-bond donors (Lipinski definition) is 1. The van der Waals surface area contributed by atoms with Crippen LogP contribution < -0.4 is 0 Å². The van der Waals surface area contributed by atoms with E-state index in [1.54, 1.807) is 12.1 Å². The van der Waals surface area contributed by atoms with Crippen LogP contribution in [0.25, 0.3) is 0 Å². The number of hydrogen-bond acceptors (Lipinski definition) is 4. The van der Waals surface area contributed by atoms with Crippen molar-refractivity contribution in [2.75, 3.05) is 19.7 Å². The lowest BCUT2D eigenvalue weighted by Gasteiger charge is -2.41. The lowest BCUT2D eigenvalue weighted by molar-refractivity contribution is -0.159. The van der Waals surface area contributed by atoms with Crippen molar-refractivity contribution in [1.29, 1.82) is 0 Å². The zero-order valence-electron chi connectivity index (χ0n) is 15.4. The normalized spacial score (nSPS) is 20.7. The van der Waals surface area contributed by atoms with Crippen LogP contribution in [-0.2, 0) is 22.5 Å². The molecule has 0 bridgehead atoms. The molecule has 138 valence electrons. The first kappa shape index (κ1) is 18.5. The predicted molar refractivity (Wildman–Crippen MR) is 102 cm³/mol. The zero-order valence-corrected chi connectivity index (χ0v) is 15.4.